The van der Waals surface area contributed by atoms with E-state index in [9.17, 15) is 24.3 Å². The number of fused-ring (bicyclic) bond motifs is 3. The molecular weight excluding hydrogens is 739 g/mol. The maximum absolute atomic E-state index is 14.1. The Kier molecular flexibility index (Phi) is 9.15. The van der Waals surface area contributed by atoms with Gasteiger partial charge in [0, 0.05) is 52.9 Å². The molecule has 0 aliphatic heterocycles. The molecule has 0 aliphatic carbocycles. The van der Waals surface area contributed by atoms with Crippen LogP contribution in [0.4, 0.5) is 9.59 Å². The van der Waals surface area contributed by atoms with E-state index in [2.05, 4.69) is 15.1 Å². The number of carbonyl (C=O) groups is 2. The summed E-state index contributed by atoms with van der Waals surface area (Å²) in [6.07, 6.45) is 1.17. The van der Waals surface area contributed by atoms with E-state index in [1.807, 2.05) is 0 Å². The lowest BCUT2D eigenvalue weighted by Gasteiger charge is -2.20. The Labute approximate surface area is 315 Å². The van der Waals surface area contributed by atoms with Gasteiger partial charge in [-0.25, -0.2) is 28.5 Å². The number of pyridine rings is 1. The first-order valence-corrected chi connectivity index (χ1v) is 17.2. The minimum Gasteiger partial charge on any atom is -0.464 e. The van der Waals surface area contributed by atoms with Gasteiger partial charge in [0.25, 0.3) is 5.56 Å². The molecule has 0 fully saturated rings. The number of hydrogen-bond acceptors (Lipinski definition) is 9. The molecule has 7 aromatic rings. The number of halogens is 2. The lowest BCUT2D eigenvalue weighted by Crippen LogP contribution is -2.40. The number of carboxylic acid groups (broad SMARTS) is 1. The Balaban J connectivity index is 1.32. The third-order valence-corrected chi connectivity index (χ3v) is 9.38. The van der Waals surface area contributed by atoms with Crippen molar-refractivity contribution in [3.05, 3.63) is 127 Å². The van der Waals surface area contributed by atoms with E-state index < -0.39 is 29.0 Å². The summed E-state index contributed by atoms with van der Waals surface area (Å²) in [6.45, 7) is 4.72. The topological polar surface area (TPSA) is 170 Å². The molecule has 0 bridgehead atoms. The highest BCUT2D eigenvalue weighted by atomic mass is 35.5. The summed E-state index contributed by atoms with van der Waals surface area (Å²) >= 11 is 12.8. The number of ether oxygens (including phenoxy) is 1. The second-order valence-corrected chi connectivity index (χ2v) is 14.2. The summed E-state index contributed by atoms with van der Waals surface area (Å²) in [5.41, 5.74) is -0.0106. The van der Waals surface area contributed by atoms with Crippen molar-refractivity contribution in [2.24, 2.45) is 19.3 Å². The molecule has 17 heteroatoms. The molecule has 1 N–H and O–H groups in total. The van der Waals surface area contributed by atoms with Crippen molar-refractivity contribution in [1.82, 2.24) is 32.8 Å². The SMILES string of the molecule is Cn1c(C(=NOCc2cc3c(Cl)cccc3n2C(=O)OC(C)(C)C)c2ccncc2)nc2c1c(=O)n(Cc1cc3c(Cl)cccc3n1C(=O)O)c(=O)n2C. The highest BCUT2D eigenvalue weighted by Gasteiger charge is 2.26. The van der Waals surface area contributed by atoms with Gasteiger partial charge in [0.05, 0.1) is 29.0 Å². The molecule has 5 heterocycles. The monoisotopic (exact) mass is 770 g/mol. The Bertz CT molecular complexity index is 2810. The molecule has 0 unspecified atom stereocenters. The maximum Gasteiger partial charge on any atom is 0.419 e. The molecule has 54 heavy (non-hydrogen) atoms. The molecular formula is C37H32Cl2N8O7. The van der Waals surface area contributed by atoms with Gasteiger partial charge < -0.3 is 19.2 Å². The highest BCUT2D eigenvalue weighted by Crippen LogP contribution is 2.30. The van der Waals surface area contributed by atoms with Crippen LogP contribution in [0.25, 0.3) is 33.0 Å². The number of imidazole rings is 1. The number of oxime groups is 1. The lowest BCUT2D eigenvalue weighted by atomic mass is 10.1. The summed E-state index contributed by atoms with van der Waals surface area (Å²) in [5.74, 6) is 0.170. The number of rotatable bonds is 7. The molecule has 7 rings (SSSR count). The van der Waals surface area contributed by atoms with Gasteiger partial charge in [-0.1, -0.05) is 40.5 Å². The van der Waals surface area contributed by atoms with Crippen LogP contribution in [0.1, 0.15) is 43.5 Å². The predicted octanol–water partition coefficient (Wildman–Crippen LogP) is 6.37. The minimum absolute atomic E-state index is 0.0459. The van der Waals surface area contributed by atoms with Gasteiger partial charge in [0.2, 0.25) is 0 Å². The van der Waals surface area contributed by atoms with Gasteiger partial charge in [-0.15, -0.1) is 0 Å². The van der Waals surface area contributed by atoms with E-state index in [1.165, 1.54) is 26.8 Å². The average Bonchev–Trinajstić information content (AvgIpc) is 3.79. The molecule has 0 saturated heterocycles. The van der Waals surface area contributed by atoms with Crippen molar-refractivity contribution in [1.29, 1.82) is 0 Å². The first-order chi connectivity index (χ1) is 25.7. The molecule has 0 amide bonds. The Morgan fingerprint density at radius 1 is 0.870 bits per heavy atom. The van der Waals surface area contributed by atoms with Gasteiger partial charge >= 0.3 is 17.9 Å². The fourth-order valence-electron chi connectivity index (χ4n) is 6.32. The zero-order valence-electron chi connectivity index (χ0n) is 29.6. The van der Waals surface area contributed by atoms with Crippen LogP contribution < -0.4 is 11.2 Å². The lowest BCUT2D eigenvalue weighted by molar-refractivity contribution is 0.0521. The third kappa shape index (κ3) is 6.30. The smallest absolute Gasteiger partial charge is 0.419 e. The zero-order chi connectivity index (χ0) is 38.6. The van der Waals surface area contributed by atoms with Crippen molar-refractivity contribution < 1.29 is 24.3 Å². The third-order valence-electron chi connectivity index (χ3n) is 8.72. The summed E-state index contributed by atoms with van der Waals surface area (Å²) in [7, 11) is 3.05. The number of aryl methyl sites for hydroxylation is 2. The summed E-state index contributed by atoms with van der Waals surface area (Å²) in [4.78, 5) is 68.3. The van der Waals surface area contributed by atoms with Gasteiger partial charge in [-0.2, -0.15) is 0 Å². The van der Waals surface area contributed by atoms with Crippen LogP contribution in [-0.2, 0) is 36.8 Å². The van der Waals surface area contributed by atoms with Crippen molar-refractivity contribution in [2.75, 3.05) is 0 Å². The van der Waals surface area contributed by atoms with Crippen molar-refractivity contribution in [3.8, 4) is 0 Å². The second kappa shape index (κ2) is 13.7. The standard InChI is InChI=1S/C37H32Cl2N8O7/c1-37(2,3)54-36(52)47-22(17-24-26(39)9-7-11-28(24)47)19-53-42-29(20-12-14-40-15-13-20)31-41-32-30(43(31)4)33(48)45(34(49)44(32)5)18-21-16-23-25(38)8-6-10-27(23)46(21)35(50)51/h6-17H,18-19H2,1-5H3,(H,50,51). The second-order valence-electron chi connectivity index (χ2n) is 13.4. The fraction of sp³-hybridized carbons (Fsp3) is 0.216. The first kappa shape index (κ1) is 36.2. The van der Waals surface area contributed by atoms with Crippen LogP contribution >= 0.6 is 23.2 Å². The predicted molar refractivity (Wildman–Crippen MR) is 203 cm³/mol. The van der Waals surface area contributed by atoms with Crippen LogP contribution in [0.5, 0.6) is 0 Å². The van der Waals surface area contributed by atoms with E-state index in [-0.39, 0.29) is 41.5 Å². The number of aromatic nitrogens is 7. The Morgan fingerprint density at radius 3 is 2.09 bits per heavy atom. The number of nitrogens with zero attached hydrogens (tertiary/aromatic N) is 8. The summed E-state index contributed by atoms with van der Waals surface area (Å²) in [6, 6.07) is 16.6. The molecule has 0 aliphatic rings. The molecule has 0 spiro atoms. The zero-order valence-corrected chi connectivity index (χ0v) is 31.1. The molecule has 276 valence electrons. The highest BCUT2D eigenvalue weighted by molar-refractivity contribution is 6.36. The van der Waals surface area contributed by atoms with Gasteiger partial charge in [0.15, 0.2) is 29.3 Å². The van der Waals surface area contributed by atoms with E-state index in [0.717, 1.165) is 9.13 Å². The fourth-order valence-corrected chi connectivity index (χ4v) is 6.77. The van der Waals surface area contributed by atoms with Gasteiger partial charge in [0.1, 0.15) is 5.60 Å². The first-order valence-electron chi connectivity index (χ1n) is 16.5. The van der Waals surface area contributed by atoms with Crippen molar-refractivity contribution >= 4 is 74.1 Å². The molecule has 0 saturated carbocycles. The largest absolute Gasteiger partial charge is 0.464 e. The van der Waals surface area contributed by atoms with Crippen LogP contribution in [0.15, 0.2) is 87.8 Å². The van der Waals surface area contributed by atoms with E-state index >= 15 is 0 Å². The number of carbonyl (C=O) groups excluding carboxylic acids is 1. The normalized spacial score (nSPS) is 12.2. The molecule has 2 aromatic carbocycles. The van der Waals surface area contributed by atoms with E-state index in [4.69, 9.17) is 32.8 Å². The van der Waals surface area contributed by atoms with Gasteiger partial charge in [-0.3, -0.25) is 18.9 Å². The molecule has 5 aromatic heterocycles. The summed E-state index contributed by atoms with van der Waals surface area (Å²) < 4.78 is 11.7. The molecule has 0 radical (unpaired) electrons. The van der Waals surface area contributed by atoms with E-state index in [0.29, 0.717) is 43.1 Å². The molecule has 15 nitrogen and oxygen atoms in total. The van der Waals surface area contributed by atoms with Crippen molar-refractivity contribution in [3.63, 3.8) is 0 Å². The van der Waals surface area contributed by atoms with Crippen molar-refractivity contribution in [2.45, 2.75) is 39.5 Å². The average molecular weight is 772 g/mol. The van der Waals surface area contributed by atoms with Crippen LogP contribution in [-0.4, -0.2) is 61.4 Å². The van der Waals surface area contributed by atoms with Crippen LogP contribution in [0, 0.1) is 0 Å². The Morgan fingerprint density at radius 2 is 1.48 bits per heavy atom. The maximum atomic E-state index is 14.1. The van der Waals surface area contributed by atoms with E-state index in [1.54, 1.807) is 94.8 Å². The Hall–Kier alpha value is -6.19. The molecule has 0 atom stereocenters. The van der Waals surface area contributed by atoms with Gasteiger partial charge in [-0.05, 0) is 69.3 Å². The van der Waals surface area contributed by atoms with Crippen LogP contribution in [0.3, 0.4) is 0 Å². The quantitative estimate of drug-likeness (QED) is 0.143. The number of benzene rings is 2. The summed E-state index contributed by atoms with van der Waals surface area (Å²) in [5, 5.41) is 16.3. The number of hydrogen-bond donors (Lipinski definition) is 1. The minimum atomic E-state index is -1.30. The van der Waals surface area contributed by atoms with Crippen LogP contribution in [0.2, 0.25) is 10.0 Å².